The van der Waals surface area contributed by atoms with Crippen LogP contribution in [0.3, 0.4) is 0 Å². The summed E-state index contributed by atoms with van der Waals surface area (Å²) in [6.45, 7) is 4.00. The average molecular weight is 260 g/mol. The maximum atomic E-state index is 5.67. The summed E-state index contributed by atoms with van der Waals surface area (Å²) in [4.78, 5) is 0. The van der Waals surface area contributed by atoms with Crippen molar-refractivity contribution in [1.82, 2.24) is 15.0 Å². The van der Waals surface area contributed by atoms with E-state index in [1.54, 1.807) is 0 Å². The summed E-state index contributed by atoms with van der Waals surface area (Å²) in [5, 5.41) is 8.18. The van der Waals surface area contributed by atoms with Crippen LogP contribution in [0.15, 0.2) is 30.3 Å². The fraction of sp³-hybridized carbons (Fsp3) is 0.429. The Morgan fingerprint density at radius 1 is 1.26 bits per heavy atom. The van der Waals surface area contributed by atoms with Crippen molar-refractivity contribution in [3.63, 3.8) is 0 Å². The van der Waals surface area contributed by atoms with Crippen LogP contribution in [0.2, 0.25) is 0 Å². The van der Waals surface area contributed by atoms with Crippen molar-refractivity contribution < 1.29 is 4.74 Å². The maximum absolute atomic E-state index is 5.67. The molecule has 19 heavy (non-hydrogen) atoms. The Morgan fingerprint density at radius 3 is 2.74 bits per heavy atom. The molecule has 0 aliphatic carbocycles. The smallest absolute Gasteiger partial charge is 0.119 e. The first-order chi connectivity index (χ1) is 9.35. The quantitative estimate of drug-likeness (QED) is 0.770. The Morgan fingerprint density at radius 2 is 2.05 bits per heavy atom. The van der Waals surface area contributed by atoms with E-state index in [9.17, 15) is 0 Å². The third-order valence-electron chi connectivity index (χ3n) is 2.98. The highest BCUT2D eigenvalue weighted by Crippen LogP contribution is 2.11. The molecule has 0 amide bonds. The lowest BCUT2D eigenvalue weighted by Gasteiger charge is -2.07. The van der Waals surface area contributed by atoms with E-state index >= 15 is 0 Å². The Labute approximate surface area is 113 Å². The standard InChI is InChI=1S/C14H20N4O/c1-2-18-14(13(11-15)16-17-18)9-6-10-19-12-7-4-3-5-8-12/h3-5,7-8H,2,6,9-11,15H2,1H3. The number of rotatable bonds is 7. The minimum atomic E-state index is 0.439. The van der Waals surface area contributed by atoms with Crippen LogP contribution < -0.4 is 10.5 Å². The molecule has 1 aromatic carbocycles. The number of hydrogen-bond donors (Lipinski definition) is 1. The van der Waals surface area contributed by atoms with Crippen LogP contribution in [0.4, 0.5) is 0 Å². The Bertz CT molecular complexity index is 474. The SMILES string of the molecule is CCn1nnc(CN)c1CCCOc1ccccc1. The Balaban J connectivity index is 1.84. The normalized spacial score (nSPS) is 10.6. The summed E-state index contributed by atoms with van der Waals surface area (Å²) in [5.41, 5.74) is 7.68. The van der Waals surface area contributed by atoms with Crippen molar-refractivity contribution in [3.8, 4) is 5.75 Å². The molecule has 0 spiro atoms. The second kappa shape index (κ2) is 6.89. The van der Waals surface area contributed by atoms with E-state index in [1.165, 1.54) is 0 Å². The number of aryl methyl sites for hydroxylation is 1. The molecule has 0 fully saturated rings. The van der Waals surface area contributed by atoms with E-state index in [0.29, 0.717) is 13.2 Å². The summed E-state index contributed by atoms with van der Waals surface area (Å²) in [7, 11) is 0. The summed E-state index contributed by atoms with van der Waals surface area (Å²) < 4.78 is 7.58. The summed E-state index contributed by atoms with van der Waals surface area (Å²) in [6.07, 6.45) is 1.81. The monoisotopic (exact) mass is 260 g/mol. The molecular formula is C14H20N4O. The first kappa shape index (κ1) is 13.5. The van der Waals surface area contributed by atoms with Crippen molar-refractivity contribution in [2.24, 2.45) is 5.73 Å². The number of nitrogens with two attached hydrogens (primary N) is 1. The molecule has 5 nitrogen and oxygen atoms in total. The first-order valence-corrected chi connectivity index (χ1v) is 6.64. The van der Waals surface area contributed by atoms with Gasteiger partial charge in [-0.3, -0.25) is 0 Å². The molecular weight excluding hydrogens is 240 g/mol. The molecule has 0 saturated carbocycles. The molecule has 0 bridgehead atoms. The van der Waals surface area contributed by atoms with E-state index in [4.69, 9.17) is 10.5 Å². The highest BCUT2D eigenvalue weighted by atomic mass is 16.5. The van der Waals surface area contributed by atoms with Gasteiger partial charge >= 0.3 is 0 Å². The van der Waals surface area contributed by atoms with Gasteiger partial charge in [-0.1, -0.05) is 23.4 Å². The third-order valence-corrected chi connectivity index (χ3v) is 2.98. The molecule has 1 heterocycles. The summed E-state index contributed by atoms with van der Waals surface area (Å²) in [6, 6.07) is 9.84. The molecule has 0 aliphatic heterocycles. The van der Waals surface area contributed by atoms with Crippen molar-refractivity contribution in [1.29, 1.82) is 0 Å². The van der Waals surface area contributed by atoms with Crippen molar-refractivity contribution >= 4 is 0 Å². The Kier molecular flexibility index (Phi) is 4.92. The minimum absolute atomic E-state index is 0.439. The van der Waals surface area contributed by atoms with Crippen LogP contribution >= 0.6 is 0 Å². The van der Waals surface area contributed by atoms with Gasteiger partial charge in [0, 0.05) is 13.1 Å². The molecule has 2 rings (SSSR count). The second-order valence-electron chi connectivity index (χ2n) is 4.27. The van der Waals surface area contributed by atoms with Gasteiger partial charge in [0.1, 0.15) is 5.75 Å². The highest BCUT2D eigenvalue weighted by molar-refractivity contribution is 5.20. The molecule has 1 aromatic heterocycles. The molecule has 5 heteroatoms. The van der Waals surface area contributed by atoms with Crippen molar-refractivity contribution in [2.75, 3.05) is 6.61 Å². The van der Waals surface area contributed by atoms with Crippen molar-refractivity contribution in [2.45, 2.75) is 32.9 Å². The Hall–Kier alpha value is -1.88. The number of aromatic nitrogens is 3. The molecule has 102 valence electrons. The van der Waals surface area contributed by atoms with Crippen LogP contribution in [-0.4, -0.2) is 21.6 Å². The van der Waals surface area contributed by atoms with Gasteiger partial charge in [0.2, 0.25) is 0 Å². The minimum Gasteiger partial charge on any atom is -0.494 e. The predicted molar refractivity (Wildman–Crippen MR) is 73.8 cm³/mol. The van der Waals surface area contributed by atoms with Crippen LogP contribution in [0.5, 0.6) is 5.75 Å². The van der Waals surface area contributed by atoms with E-state index < -0.39 is 0 Å². The molecule has 0 radical (unpaired) electrons. The lowest BCUT2D eigenvalue weighted by Crippen LogP contribution is -2.09. The van der Waals surface area contributed by atoms with E-state index in [0.717, 1.165) is 36.5 Å². The van der Waals surface area contributed by atoms with Gasteiger partial charge in [0.15, 0.2) is 0 Å². The van der Waals surface area contributed by atoms with Gasteiger partial charge in [-0.05, 0) is 31.9 Å². The van der Waals surface area contributed by atoms with Gasteiger partial charge in [-0.15, -0.1) is 5.10 Å². The van der Waals surface area contributed by atoms with Gasteiger partial charge in [-0.2, -0.15) is 0 Å². The summed E-state index contributed by atoms with van der Waals surface area (Å²) in [5.74, 6) is 0.906. The molecule has 0 saturated heterocycles. The van der Waals surface area contributed by atoms with Crippen LogP contribution in [0.1, 0.15) is 24.7 Å². The number of benzene rings is 1. The van der Waals surface area contributed by atoms with Crippen LogP contribution in [0.25, 0.3) is 0 Å². The fourth-order valence-electron chi connectivity index (χ4n) is 2.00. The third kappa shape index (κ3) is 3.54. The van der Waals surface area contributed by atoms with Gasteiger partial charge < -0.3 is 10.5 Å². The van der Waals surface area contributed by atoms with Gasteiger partial charge in [0.25, 0.3) is 0 Å². The largest absolute Gasteiger partial charge is 0.494 e. The molecule has 2 N–H and O–H groups in total. The van der Waals surface area contributed by atoms with Gasteiger partial charge in [-0.25, -0.2) is 4.68 Å². The number of nitrogens with zero attached hydrogens (tertiary/aromatic N) is 3. The maximum Gasteiger partial charge on any atom is 0.119 e. The fourth-order valence-corrected chi connectivity index (χ4v) is 2.00. The van der Waals surface area contributed by atoms with E-state index in [-0.39, 0.29) is 0 Å². The molecule has 0 atom stereocenters. The van der Waals surface area contributed by atoms with E-state index in [1.807, 2.05) is 35.0 Å². The zero-order valence-corrected chi connectivity index (χ0v) is 11.2. The zero-order chi connectivity index (χ0) is 13.5. The summed E-state index contributed by atoms with van der Waals surface area (Å²) >= 11 is 0. The molecule has 0 aliphatic rings. The highest BCUT2D eigenvalue weighted by Gasteiger charge is 2.09. The van der Waals surface area contributed by atoms with E-state index in [2.05, 4.69) is 17.2 Å². The lowest BCUT2D eigenvalue weighted by molar-refractivity contribution is 0.309. The van der Waals surface area contributed by atoms with Gasteiger partial charge in [0.05, 0.1) is 18.0 Å². The predicted octanol–water partition coefficient (Wildman–Crippen LogP) is 1.77. The van der Waals surface area contributed by atoms with Crippen LogP contribution in [-0.2, 0) is 19.5 Å². The first-order valence-electron chi connectivity index (χ1n) is 6.64. The average Bonchev–Trinajstić information content (AvgIpc) is 2.86. The number of ether oxygens (including phenoxy) is 1. The topological polar surface area (TPSA) is 66.0 Å². The lowest BCUT2D eigenvalue weighted by atomic mass is 10.2. The van der Waals surface area contributed by atoms with Crippen LogP contribution in [0, 0.1) is 0 Å². The molecule has 0 unspecified atom stereocenters. The second-order valence-corrected chi connectivity index (χ2v) is 4.27. The number of para-hydroxylation sites is 1. The zero-order valence-electron chi connectivity index (χ0n) is 11.2. The molecule has 2 aromatic rings. The number of hydrogen-bond acceptors (Lipinski definition) is 4. The van der Waals surface area contributed by atoms with Crippen molar-refractivity contribution in [3.05, 3.63) is 41.7 Å².